The number of alkyl halides is 3. The van der Waals surface area contributed by atoms with E-state index in [2.05, 4.69) is 4.98 Å². The van der Waals surface area contributed by atoms with E-state index in [0.29, 0.717) is 38.8 Å². The van der Waals surface area contributed by atoms with Crippen LogP contribution in [0.25, 0.3) is 33.3 Å². The Morgan fingerprint density at radius 3 is 2.68 bits per heavy atom. The van der Waals surface area contributed by atoms with E-state index in [9.17, 15) is 23.1 Å². The Bertz CT molecular complexity index is 1240. The van der Waals surface area contributed by atoms with Crippen LogP contribution in [0.2, 0.25) is 5.02 Å². The highest BCUT2D eigenvalue weighted by Gasteiger charge is 2.39. The first-order valence-electron chi connectivity index (χ1n) is 8.31. The van der Waals surface area contributed by atoms with Crippen LogP contribution in [0.1, 0.15) is 5.56 Å². The molecular formula is C19H14ClF3N2O3. The quantitative estimate of drug-likeness (QED) is 0.517. The van der Waals surface area contributed by atoms with Crippen molar-refractivity contribution in [3.63, 3.8) is 0 Å². The topological polar surface area (TPSA) is 71.2 Å². The summed E-state index contributed by atoms with van der Waals surface area (Å²) in [5, 5.41) is 11.0. The third kappa shape index (κ3) is 2.89. The molecule has 146 valence electrons. The van der Waals surface area contributed by atoms with Crippen molar-refractivity contribution in [2.45, 2.75) is 25.7 Å². The number of fused-ring (bicyclic) bond motifs is 3. The van der Waals surface area contributed by atoms with Gasteiger partial charge in [0.15, 0.2) is 11.9 Å². The monoisotopic (exact) mass is 410 g/mol. The summed E-state index contributed by atoms with van der Waals surface area (Å²) in [4.78, 5) is 14.4. The number of H-pyrrole nitrogens is 1. The summed E-state index contributed by atoms with van der Waals surface area (Å²) in [5.74, 6) is 0.358. The number of nitrogens with zero attached hydrogens (tertiary/aromatic N) is 1. The average Bonchev–Trinajstić information content (AvgIpc) is 3.21. The predicted molar refractivity (Wildman–Crippen MR) is 99.6 cm³/mol. The van der Waals surface area contributed by atoms with Gasteiger partial charge in [-0.25, -0.2) is 0 Å². The predicted octanol–water partition coefficient (Wildman–Crippen LogP) is 4.63. The number of aromatic amines is 1. The number of hydrogen-bond donors (Lipinski definition) is 2. The zero-order valence-corrected chi connectivity index (χ0v) is 15.2. The molecule has 5 nitrogen and oxygen atoms in total. The molecule has 0 spiro atoms. The number of halogens is 4. The molecule has 4 rings (SSSR count). The summed E-state index contributed by atoms with van der Waals surface area (Å²) < 4.78 is 45.9. The van der Waals surface area contributed by atoms with Crippen LogP contribution < -0.4 is 5.56 Å². The number of hydrogen-bond acceptors (Lipinski definition) is 3. The van der Waals surface area contributed by atoms with Crippen LogP contribution in [0, 0.1) is 6.92 Å². The van der Waals surface area contributed by atoms with Crippen molar-refractivity contribution in [1.29, 1.82) is 0 Å². The Labute approximate surface area is 161 Å². The molecule has 1 atom stereocenters. The van der Waals surface area contributed by atoms with Gasteiger partial charge in [-0.3, -0.25) is 4.79 Å². The van der Waals surface area contributed by atoms with Crippen LogP contribution in [-0.2, 0) is 6.54 Å². The third-order valence-electron chi connectivity index (χ3n) is 4.72. The van der Waals surface area contributed by atoms with E-state index in [0.717, 1.165) is 0 Å². The lowest BCUT2D eigenvalue weighted by Gasteiger charge is -2.18. The molecule has 0 aliphatic carbocycles. The number of furan rings is 1. The molecule has 3 heterocycles. The highest BCUT2D eigenvalue weighted by atomic mass is 35.5. The van der Waals surface area contributed by atoms with E-state index in [1.807, 2.05) is 0 Å². The first-order valence-corrected chi connectivity index (χ1v) is 8.69. The summed E-state index contributed by atoms with van der Waals surface area (Å²) in [6.45, 7) is 1.02. The molecule has 9 heteroatoms. The molecule has 2 N–H and O–H groups in total. The van der Waals surface area contributed by atoms with Crippen molar-refractivity contribution in [2.24, 2.45) is 0 Å². The number of benzene rings is 1. The zero-order valence-electron chi connectivity index (χ0n) is 14.5. The van der Waals surface area contributed by atoms with Crippen molar-refractivity contribution in [3.05, 3.63) is 57.5 Å². The fraction of sp³-hybridized carbons (Fsp3) is 0.211. The maximum atomic E-state index is 13.0. The van der Waals surface area contributed by atoms with Gasteiger partial charge < -0.3 is 19.1 Å². The zero-order chi connectivity index (χ0) is 20.2. The van der Waals surface area contributed by atoms with Crippen molar-refractivity contribution >= 4 is 33.4 Å². The first kappa shape index (κ1) is 18.6. The van der Waals surface area contributed by atoms with Gasteiger partial charge in [0.05, 0.1) is 29.0 Å². The lowest BCUT2D eigenvalue weighted by atomic mass is 10.1. The highest BCUT2D eigenvalue weighted by Crippen LogP contribution is 2.40. The molecule has 3 aromatic heterocycles. The minimum atomic E-state index is -4.77. The molecule has 0 bridgehead atoms. The first-order chi connectivity index (χ1) is 13.2. The van der Waals surface area contributed by atoms with Gasteiger partial charge >= 0.3 is 6.18 Å². The average molecular weight is 411 g/mol. The highest BCUT2D eigenvalue weighted by molar-refractivity contribution is 6.37. The second kappa shape index (κ2) is 6.42. The van der Waals surface area contributed by atoms with Crippen molar-refractivity contribution in [2.75, 3.05) is 0 Å². The molecule has 0 aliphatic rings. The summed E-state index contributed by atoms with van der Waals surface area (Å²) in [7, 11) is 0. The number of nitrogens with one attached hydrogen (secondary N) is 1. The van der Waals surface area contributed by atoms with Crippen LogP contribution in [-0.4, -0.2) is 26.9 Å². The normalized spacial score (nSPS) is 13.5. The van der Waals surface area contributed by atoms with Gasteiger partial charge in [-0.15, -0.1) is 0 Å². The van der Waals surface area contributed by atoms with E-state index >= 15 is 0 Å². The second-order valence-electron chi connectivity index (χ2n) is 6.48. The third-order valence-corrected chi connectivity index (χ3v) is 5.01. The summed E-state index contributed by atoms with van der Waals surface area (Å²) in [6, 6.07) is 7.64. The van der Waals surface area contributed by atoms with Gasteiger partial charge in [0.1, 0.15) is 0 Å². The van der Waals surface area contributed by atoms with E-state index in [1.165, 1.54) is 16.9 Å². The molecule has 0 aliphatic heterocycles. The van der Waals surface area contributed by atoms with Crippen LogP contribution >= 0.6 is 11.6 Å². The van der Waals surface area contributed by atoms with Gasteiger partial charge in [0.25, 0.3) is 0 Å². The molecule has 0 unspecified atom stereocenters. The fourth-order valence-electron chi connectivity index (χ4n) is 3.54. The number of pyridine rings is 1. The summed E-state index contributed by atoms with van der Waals surface area (Å²) in [5.41, 5.74) is 1.55. The van der Waals surface area contributed by atoms with E-state index in [1.54, 1.807) is 31.2 Å². The van der Waals surface area contributed by atoms with E-state index < -0.39 is 18.8 Å². The maximum absolute atomic E-state index is 13.0. The number of aromatic nitrogens is 2. The van der Waals surface area contributed by atoms with Gasteiger partial charge in [-0.2, -0.15) is 13.2 Å². The minimum absolute atomic E-state index is 0.187. The van der Waals surface area contributed by atoms with Gasteiger partial charge in [0, 0.05) is 22.4 Å². The Balaban J connectivity index is 2.10. The lowest BCUT2D eigenvalue weighted by molar-refractivity contribution is -0.207. The summed E-state index contributed by atoms with van der Waals surface area (Å²) >= 11 is 6.30. The number of aryl methyl sites for hydroxylation is 1. The smallest absolute Gasteiger partial charge is 0.416 e. The van der Waals surface area contributed by atoms with E-state index in [-0.39, 0.29) is 10.6 Å². The van der Waals surface area contributed by atoms with Crippen molar-refractivity contribution in [1.82, 2.24) is 9.55 Å². The molecule has 28 heavy (non-hydrogen) atoms. The van der Waals surface area contributed by atoms with Crippen LogP contribution in [0.4, 0.5) is 13.2 Å². The molecule has 0 amide bonds. The lowest BCUT2D eigenvalue weighted by Crippen LogP contribution is -2.32. The van der Waals surface area contributed by atoms with Gasteiger partial charge in [0.2, 0.25) is 5.56 Å². The Morgan fingerprint density at radius 2 is 2.04 bits per heavy atom. The van der Waals surface area contributed by atoms with Crippen LogP contribution in [0.3, 0.4) is 0 Å². The van der Waals surface area contributed by atoms with Gasteiger partial charge in [-0.1, -0.05) is 11.6 Å². The standard InChI is InChI=1S/C19H14ClF3N2O3/c1-9-16-12(5-4-11-17(16)10(20)7-15(27)24-11)25(8-14(26)19(21,22)23)18(9)13-3-2-6-28-13/h2-7,14,26H,8H2,1H3,(H,24,27)/t14-/m0/s1. The Kier molecular flexibility index (Phi) is 4.28. The number of rotatable bonds is 3. The molecule has 0 fully saturated rings. The number of aliphatic hydroxyl groups excluding tert-OH is 1. The van der Waals surface area contributed by atoms with Crippen molar-refractivity contribution in [3.8, 4) is 11.5 Å². The molecule has 0 saturated carbocycles. The van der Waals surface area contributed by atoms with Gasteiger partial charge in [-0.05, 0) is 36.8 Å². The Morgan fingerprint density at radius 1 is 1.29 bits per heavy atom. The largest absolute Gasteiger partial charge is 0.463 e. The second-order valence-corrected chi connectivity index (χ2v) is 6.89. The molecule has 1 aromatic carbocycles. The van der Waals surface area contributed by atoms with Crippen molar-refractivity contribution < 1.29 is 22.7 Å². The summed E-state index contributed by atoms with van der Waals surface area (Å²) in [6.07, 6.45) is -5.91. The molecule has 0 radical (unpaired) electrons. The van der Waals surface area contributed by atoms with E-state index in [4.69, 9.17) is 16.0 Å². The molecule has 4 aromatic rings. The minimum Gasteiger partial charge on any atom is -0.463 e. The SMILES string of the molecule is Cc1c(-c2ccco2)n(C[C@H](O)C(F)(F)F)c2ccc3[nH]c(=O)cc(Cl)c3c12. The molecule has 0 saturated heterocycles. The van der Waals surface area contributed by atoms with Crippen LogP contribution in [0.5, 0.6) is 0 Å². The number of aliphatic hydroxyl groups is 1. The Hall–Kier alpha value is -2.71. The van der Waals surface area contributed by atoms with Crippen LogP contribution in [0.15, 0.2) is 45.8 Å². The fourth-order valence-corrected chi connectivity index (χ4v) is 3.84. The molecular weight excluding hydrogens is 397 g/mol. The maximum Gasteiger partial charge on any atom is 0.416 e.